The molecule has 11 nitrogen and oxygen atoms in total. The molecule has 0 bridgehead atoms. The highest BCUT2D eigenvalue weighted by molar-refractivity contribution is 7.92. The van der Waals surface area contributed by atoms with Crippen LogP contribution in [0.5, 0.6) is 0 Å². The molecule has 2 atom stereocenters. The highest BCUT2D eigenvalue weighted by atomic mass is 32.2. The van der Waals surface area contributed by atoms with Crippen molar-refractivity contribution in [2.75, 3.05) is 17.4 Å². The molecule has 4 rings (SSSR count). The minimum Gasteiger partial charge on any atom is -0.389 e. The largest absolute Gasteiger partial charge is 0.430 e. The molecular weight excluding hydrogens is 681 g/mol. The number of nitrogens with one attached hydrogen (secondary N) is 2. The molecule has 2 aliphatic heterocycles. The molecule has 2 aromatic rings. The molecule has 19 heteroatoms. The SMILES string of the molecule is CC(C)(O)CN1C(=O)NC(C)(CNC(=O)CC2CCc3cc(C(O)(C(F)(F)F)C(F)(F)F)ccc3N2S(=O)(=O)c2ccc(F)cc2)C1=O. The van der Waals surface area contributed by atoms with Crippen LogP contribution < -0.4 is 14.9 Å². The van der Waals surface area contributed by atoms with E-state index < -0.39 is 92.2 Å². The molecule has 1 fully saturated rings. The number of aliphatic hydroxyl groups is 2. The summed E-state index contributed by atoms with van der Waals surface area (Å²) >= 11 is 0. The van der Waals surface area contributed by atoms with Crippen molar-refractivity contribution in [1.82, 2.24) is 15.5 Å². The number of alkyl halides is 6. The normalized spacial score (nSPS) is 20.9. The van der Waals surface area contributed by atoms with E-state index in [4.69, 9.17) is 0 Å². The fourth-order valence-electron chi connectivity index (χ4n) is 5.54. The summed E-state index contributed by atoms with van der Waals surface area (Å²) in [6.07, 6.45) is -13.6. The Bertz CT molecular complexity index is 1700. The number of amides is 4. The van der Waals surface area contributed by atoms with Gasteiger partial charge in [-0.05, 0) is 69.5 Å². The van der Waals surface area contributed by atoms with Crippen LogP contribution in [0.15, 0.2) is 47.4 Å². The predicted octanol–water partition coefficient (Wildman–Crippen LogP) is 3.24. The Labute approximate surface area is 269 Å². The van der Waals surface area contributed by atoms with Crippen LogP contribution >= 0.6 is 0 Å². The zero-order valence-electron chi connectivity index (χ0n) is 25.5. The van der Waals surface area contributed by atoms with E-state index in [1.54, 1.807) is 0 Å². The first kappa shape index (κ1) is 36.9. The number of urea groups is 1. The van der Waals surface area contributed by atoms with Crippen LogP contribution in [0.3, 0.4) is 0 Å². The summed E-state index contributed by atoms with van der Waals surface area (Å²) in [6, 6.07) is 2.60. The molecule has 1 saturated heterocycles. The van der Waals surface area contributed by atoms with Gasteiger partial charge < -0.3 is 20.8 Å². The third kappa shape index (κ3) is 6.80. The maximum Gasteiger partial charge on any atom is 0.430 e. The van der Waals surface area contributed by atoms with E-state index in [0.717, 1.165) is 29.2 Å². The minimum absolute atomic E-state index is 0.282. The second-order valence-corrected chi connectivity index (χ2v) is 14.3. The van der Waals surface area contributed by atoms with E-state index in [1.165, 1.54) is 20.8 Å². The van der Waals surface area contributed by atoms with Gasteiger partial charge in [0.1, 0.15) is 11.4 Å². The quantitative estimate of drug-likeness (QED) is 0.230. The van der Waals surface area contributed by atoms with Gasteiger partial charge in [-0.2, -0.15) is 26.3 Å². The number of hydrogen-bond donors (Lipinski definition) is 4. The molecule has 2 heterocycles. The molecule has 2 unspecified atom stereocenters. The van der Waals surface area contributed by atoms with Gasteiger partial charge in [0.2, 0.25) is 5.91 Å². The van der Waals surface area contributed by atoms with Crippen LogP contribution in [0.1, 0.15) is 44.7 Å². The lowest BCUT2D eigenvalue weighted by molar-refractivity contribution is -0.376. The third-order valence-corrected chi connectivity index (χ3v) is 9.84. The highest BCUT2D eigenvalue weighted by Crippen LogP contribution is 2.51. The topological polar surface area (TPSA) is 156 Å². The molecule has 0 spiro atoms. The predicted molar refractivity (Wildman–Crippen MR) is 153 cm³/mol. The summed E-state index contributed by atoms with van der Waals surface area (Å²) < 4.78 is 123. The Hall–Kier alpha value is -3.97. The Kier molecular flexibility index (Phi) is 9.35. The second-order valence-electron chi connectivity index (χ2n) is 12.4. The first-order chi connectivity index (χ1) is 21.8. The fraction of sp³-hybridized carbons (Fsp3) is 0.483. The van der Waals surface area contributed by atoms with Gasteiger partial charge in [0, 0.05) is 18.5 Å². The van der Waals surface area contributed by atoms with Crippen LogP contribution in [-0.2, 0) is 31.6 Å². The number of nitrogens with zero attached hydrogens (tertiary/aromatic N) is 2. The third-order valence-electron chi connectivity index (χ3n) is 7.95. The van der Waals surface area contributed by atoms with Crippen molar-refractivity contribution in [3.05, 3.63) is 59.4 Å². The highest BCUT2D eigenvalue weighted by Gasteiger charge is 2.71. The molecule has 0 aliphatic carbocycles. The van der Waals surface area contributed by atoms with Crippen molar-refractivity contribution < 1.29 is 63.7 Å². The first-order valence-corrected chi connectivity index (χ1v) is 15.7. The number of aryl methyl sites for hydroxylation is 1. The molecule has 2 aromatic carbocycles. The van der Waals surface area contributed by atoms with E-state index in [2.05, 4.69) is 10.6 Å². The molecule has 264 valence electrons. The van der Waals surface area contributed by atoms with Crippen LogP contribution in [0, 0.1) is 5.82 Å². The molecule has 2 aliphatic rings. The van der Waals surface area contributed by atoms with E-state index in [1.807, 2.05) is 0 Å². The van der Waals surface area contributed by atoms with Gasteiger partial charge in [-0.25, -0.2) is 17.6 Å². The van der Waals surface area contributed by atoms with E-state index >= 15 is 0 Å². The van der Waals surface area contributed by atoms with Crippen molar-refractivity contribution in [2.24, 2.45) is 0 Å². The smallest absolute Gasteiger partial charge is 0.389 e. The molecule has 0 radical (unpaired) electrons. The monoisotopic (exact) mass is 712 g/mol. The first-order valence-electron chi connectivity index (χ1n) is 14.2. The molecule has 4 N–H and O–H groups in total. The number of benzene rings is 2. The second kappa shape index (κ2) is 12.2. The number of halogens is 7. The van der Waals surface area contributed by atoms with Gasteiger partial charge in [-0.15, -0.1) is 0 Å². The Morgan fingerprint density at radius 3 is 2.15 bits per heavy atom. The summed E-state index contributed by atoms with van der Waals surface area (Å²) in [4.78, 5) is 38.7. The van der Waals surface area contributed by atoms with Gasteiger partial charge >= 0.3 is 18.4 Å². The molecule has 4 amide bonds. The number of sulfonamides is 1. The summed E-state index contributed by atoms with van der Waals surface area (Å²) in [7, 11) is -4.74. The number of anilines is 1. The number of rotatable bonds is 9. The summed E-state index contributed by atoms with van der Waals surface area (Å²) in [5.74, 6) is -2.42. The average molecular weight is 713 g/mol. The maximum absolute atomic E-state index is 13.8. The van der Waals surface area contributed by atoms with Crippen LogP contribution in [0.2, 0.25) is 0 Å². The van der Waals surface area contributed by atoms with Gasteiger partial charge in [0.15, 0.2) is 0 Å². The average Bonchev–Trinajstić information content (AvgIpc) is 3.16. The zero-order valence-corrected chi connectivity index (χ0v) is 26.4. The Morgan fingerprint density at radius 1 is 1.02 bits per heavy atom. The van der Waals surface area contributed by atoms with Crippen LogP contribution in [0.25, 0.3) is 0 Å². The van der Waals surface area contributed by atoms with Crippen LogP contribution in [-0.4, -0.2) is 84.0 Å². The summed E-state index contributed by atoms with van der Waals surface area (Å²) in [5, 5.41) is 24.8. The standard InChI is InChI=1S/C29H31F7N4O7S/c1-25(2,44)15-39-23(42)26(3,38-24(39)43)14-37-22(41)13-19-8-4-16-12-17(27(45,28(31,32)33)29(34,35)36)5-11-21(16)40(19)48(46,47)20-9-6-18(30)7-10-20/h5-7,9-12,19,44-45H,4,8,13-15H2,1-3H3,(H,37,41)(H,38,43). The van der Waals surface area contributed by atoms with Crippen molar-refractivity contribution in [1.29, 1.82) is 0 Å². The van der Waals surface area contributed by atoms with Gasteiger partial charge in [-0.1, -0.05) is 12.1 Å². The van der Waals surface area contributed by atoms with E-state index in [0.29, 0.717) is 16.4 Å². The number of carbonyl (C=O) groups is 3. The number of carbonyl (C=O) groups excluding carboxylic acids is 3. The molecule has 0 saturated carbocycles. The maximum atomic E-state index is 13.8. The minimum atomic E-state index is -6.20. The van der Waals surface area contributed by atoms with Gasteiger partial charge in [0.05, 0.1) is 28.8 Å². The zero-order chi connectivity index (χ0) is 36.3. The molecule has 48 heavy (non-hydrogen) atoms. The van der Waals surface area contributed by atoms with Crippen molar-refractivity contribution in [3.63, 3.8) is 0 Å². The lowest BCUT2D eigenvalue weighted by atomic mass is 9.87. The van der Waals surface area contributed by atoms with Gasteiger partial charge in [0.25, 0.3) is 21.5 Å². The van der Waals surface area contributed by atoms with Crippen molar-refractivity contribution >= 4 is 33.6 Å². The van der Waals surface area contributed by atoms with E-state index in [-0.39, 0.29) is 36.7 Å². The van der Waals surface area contributed by atoms with Crippen molar-refractivity contribution in [3.8, 4) is 0 Å². The lowest BCUT2D eigenvalue weighted by Gasteiger charge is -2.39. The van der Waals surface area contributed by atoms with Crippen molar-refractivity contribution in [2.45, 2.75) is 80.1 Å². The molecule has 0 aromatic heterocycles. The number of imide groups is 1. The number of hydrogen-bond acceptors (Lipinski definition) is 7. The number of β-amino-alcohol motifs (C(OH)–C–C–N with tert-alkyl or cyclic N) is 1. The Balaban J connectivity index is 1.66. The van der Waals surface area contributed by atoms with Gasteiger partial charge in [-0.3, -0.25) is 18.8 Å². The summed E-state index contributed by atoms with van der Waals surface area (Å²) in [6.45, 7) is 3.22. The lowest BCUT2D eigenvalue weighted by Crippen LogP contribution is -2.54. The van der Waals surface area contributed by atoms with Crippen LogP contribution in [0.4, 0.5) is 41.2 Å². The van der Waals surface area contributed by atoms with E-state index in [9.17, 15) is 63.7 Å². The fourth-order valence-corrected chi connectivity index (χ4v) is 7.26. The summed E-state index contributed by atoms with van der Waals surface area (Å²) in [5.41, 5.74) is -10.7. The Morgan fingerprint density at radius 2 is 1.60 bits per heavy atom. The number of fused-ring (bicyclic) bond motifs is 1. The molecular formula is C29H31F7N4O7S.